The number of amides is 1. The van der Waals surface area contributed by atoms with Crippen LogP contribution in [0.1, 0.15) is 18.1 Å². The molecular formula is C21H16F3N3O3. The molecule has 154 valence electrons. The van der Waals surface area contributed by atoms with Gasteiger partial charge < -0.3 is 14.8 Å². The van der Waals surface area contributed by atoms with E-state index >= 15 is 0 Å². The molecule has 2 aromatic rings. The van der Waals surface area contributed by atoms with Crippen LogP contribution >= 0.6 is 0 Å². The van der Waals surface area contributed by atoms with Crippen LogP contribution in [0, 0.1) is 22.7 Å². The van der Waals surface area contributed by atoms with Gasteiger partial charge in [-0.05, 0) is 48.9 Å². The number of carbonyl (C=O) groups is 1. The Morgan fingerprint density at radius 2 is 1.83 bits per heavy atom. The minimum Gasteiger partial charge on any atom is -0.490 e. The van der Waals surface area contributed by atoms with Crippen LogP contribution in [0.2, 0.25) is 0 Å². The maximum absolute atomic E-state index is 12.8. The Balaban J connectivity index is 2.09. The van der Waals surface area contributed by atoms with Crippen molar-refractivity contribution in [1.29, 1.82) is 10.5 Å². The predicted octanol–water partition coefficient (Wildman–Crippen LogP) is 4.55. The third-order valence-corrected chi connectivity index (χ3v) is 3.65. The van der Waals surface area contributed by atoms with E-state index in [9.17, 15) is 18.0 Å². The Morgan fingerprint density at radius 1 is 1.10 bits per heavy atom. The number of hydrogen-bond acceptors (Lipinski definition) is 5. The van der Waals surface area contributed by atoms with E-state index < -0.39 is 24.3 Å². The molecule has 0 unspecified atom stereocenters. The summed E-state index contributed by atoms with van der Waals surface area (Å²) >= 11 is 0. The minimum atomic E-state index is -4.52. The van der Waals surface area contributed by atoms with Crippen molar-refractivity contribution in [2.75, 3.05) is 18.5 Å². The number of nitriles is 2. The summed E-state index contributed by atoms with van der Waals surface area (Å²) < 4.78 is 49.2. The average Bonchev–Trinajstić information content (AvgIpc) is 2.71. The number of nitrogens with zero attached hydrogens (tertiary/aromatic N) is 2. The molecule has 0 radical (unpaired) electrons. The lowest BCUT2D eigenvalue weighted by atomic mass is 10.1. The summed E-state index contributed by atoms with van der Waals surface area (Å²) in [4.78, 5) is 12.1. The van der Waals surface area contributed by atoms with Crippen molar-refractivity contribution < 1.29 is 27.4 Å². The van der Waals surface area contributed by atoms with E-state index in [2.05, 4.69) is 5.32 Å². The molecule has 6 nitrogen and oxygen atoms in total. The van der Waals surface area contributed by atoms with Gasteiger partial charge in [-0.1, -0.05) is 12.1 Å². The summed E-state index contributed by atoms with van der Waals surface area (Å²) in [5, 5.41) is 20.0. The molecule has 1 N–H and O–H groups in total. The number of nitrogens with one attached hydrogen (secondary N) is 1. The van der Waals surface area contributed by atoms with Gasteiger partial charge in [-0.3, -0.25) is 4.79 Å². The van der Waals surface area contributed by atoms with Gasteiger partial charge in [0.2, 0.25) is 0 Å². The van der Waals surface area contributed by atoms with Crippen molar-refractivity contribution in [2.45, 2.75) is 13.1 Å². The number of carbonyl (C=O) groups excluding carboxylic acids is 1. The molecule has 0 spiro atoms. The standard InChI is InChI=1S/C21H16F3N3O3/c1-2-29-19-9-14(8-15(11-25)12-26)6-7-18(19)30-13-20(28)27-17-5-3-4-16(10-17)21(22,23)24/h3-10H,2,13H2,1H3,(H,27,28). The van der Waals surface area contributed by atoms with E-state index in [-0.39, 0.29) is 22.8 Å². The maximum atomic E-state index is 12.8. The highest BCUT2D eigenvalue weighted by atomic mass is 19.4. The van der Waals surface area contributed by atoms with E-state index in [1.165, 1.54) is 30.3 Å². The normalized spacial score (nSPS) is 10.3. The predicted molar refractivity (Wildman–Crippen MR) is 102 cm³/mol. The molecule has 2 aromatic carbocycles. The monoisotopic (exact) mass is 415 g/mol. The number of allylic oxidation sites excluding steroid dienone is 1. The van der Waals surface area contributed by atoms with Crippen molar-refractivity contribution in [3.8, 4) is 23.6 Å². The lowest BCUT2D eigenvalue weighted by Gasteiger charge is -2.13. The number of ether oxygens (including phenoxy) is 2. The summed E-state index contributed by atoms with van der Waals surface area (Å²) in [7, 11) is 0. The highest BCUT2D eigenvalue weighted by Crippen LogP contribution is 2.31. The summed E-state index contributed by atoms with van der Waals surface area (Å²) in [6.07, 6.45) is -3.15. The summed E-state index contributed by atoms with van der Waals surface area (Å²) in [6, 6.07) is 12.4. The maximum Gasteiger partial charge on any atom is 0.416 e. The topological polar surface area (TPSA) is 95.1 Å². The van der Waals surface area contributed by atoms with Gasteiger partial charge in [-0.15, -0.1) is 0 Å². The van der Waals surface area contributed by atoms with Gasteiger partial charge in [0.1, 0.15) is 17.7 Å². The number of benzene rings is 2. The molecule has 0 aromatic heterocycles. The number of hydrogen-bond donors (Lipinski definition) is 1. The molecule has 9 heteroatoms. The Kier molecular flexibility index (Phi) is 7.43. The molecular weight excluding hydrogens is 399 g/mol. The highest BCUT2D eigenvalue weighted by molar-refractivity contribution is 5.92. The van der Waals surface area contributed by atoms with Crippen molar-refractivity contribution in [2.24, 2.45) is 0 Å². The quantitative estimate of drug-likeness (QED) is 0.670. The number of anilines is 1. The van der Waals surface area contributed by atoms with Gasteiger partial charge in [0.15, 0.2) is 18.1 Å². The average molecular weight is 415 g/mol. The minimum absolute atomic E-state index is 0.00974. The van der Waals surface area contributed by atoms with E-state index in [0.29, 0.717) is 12.2 Å². The van der Waals surface area contributed by atoms with Crippen LogP contribution in [0.25, 0.3) is 6.08 Å². The van der Waals surface area contributed by atoms with Crippen LogP contribution in [0.3, 0.4) is 0 Å². The second kappa shape index (κ2) is 9.99. The van der Waals surface area contributed by atoms with Gasteiger partial charge in [-0.2, -0.15) is 23.7 Å². The molecule has 0 bridgehead atoms. The van der Waals surface area contributed by atoms with Crippen LogP contribution in [-0.2, 0) is 11.0 Å². The van der Waals surface area contributed by atoms with E-state index in [0.717, 1.165) is 12.1 Å². The van der Waals surface area contributed by atoms with Crippen molar-refractivity contribution >= 4 is 17.7 Å². The highest BCUT2D eigenvalue weighted by Gasteiger charge is 2.30. The molecule has 0 saturated carbocycles. The lowest BCUT2D eigenvalue weighted by molar-refractivity contribution is -0.137. The van der Waals surface area contributed by atoms with Crippen LogP contribution < -0.4 is 14.8 Å². The second-order valence-electron chi connectivity index (χ2n) is 5.84. The van der Waals surface area contributed by atoms with Crippen LogP contribution in [0.5, 0.6) is 11.5 Å². The zero-order valence-electron chi connectivity index (χ0n) is 15.8. The molecule has 30 heavy (non-hydrogen) atoms. The fourth-order valence-electron chi connectivity index (χ4n) is 2.37. The molecule has 0 aliphatic carbocycles. The Bertz CT molecular complexity index is 1020. The first-order valence-electron chi connectivity index (χ1n) is 8.65. The Labute approximate surface area is 170 Å². The summed E-state index contributed by atoms with van der Waals surface area (Å²) in [5.74, 6) is -0.144. The van der Waals surface area contributed by atoms with Crippen LogP contribution in [0.4, 0.5) is 18.9 Å². The second-order valence-corrected chi connectivity index (χ2v) is 5.84. The van der Waals surface area contributed by atoms with Gasteiger partial charge >= 0.3 is 6.18 Å². The van der Waals surface area contributed by atoms with Crippen molar-refractivity contribution in [3.63, 3.8) is 0 Å². The third-order valence-electron chi connectivity index (χ3n) is 3.65. The molecule has 0 fully saturated rings. The van der Waals surface area contributed by atoms with Gasteiger partial charge in [0, 0.05) is 5.69 Å². The molecule has 1 amide bonds. The van der Waals surface area contributed by atoms with Crippen LogP contribution in [-0.4, -0.2) is 19.1 Å². The summed E-state index contributed by atoms with van der Waals surface area (Å²) in [6.45, 7) is 1.57. The molecule has 0 heterocycles. The zero-order chi connectivity index (χ0) is 22.1. The third kappa shape index (κ3) is 6.28. The number of rotatable bonds is 7. The molecule has 0 aliphatic rings. The zero-order valence-corrected chi connectivity index (χ0v) is 15.8. The first-order chi connectivity index (χ1) is 14.3. The lowest BCUT2D eigenvalue weighted by Crippen LogP contribution is -2.20. The van der Waals surface area contributed by atoms with E-state index in [1.807, 2.05) is 0 Å². The first-order valence-corrected chi connectivity index (χ1v) is 8.65. The van der Waals surface area contributed by atoms with E-state index in [4.69, 9.17) is 20.0 Å². The smallest absolute Gasteiger partial charge is 0.416 e. The van der Waals surface area contributed by atoms with Gasteiger partial charge in [0.25, 0.3) is 5.91 Å². The molecule has 0 atom stereocenters. The van der Waals surface area contributed by atoms with Crippen molar-refractivity contribution in [3.05, 3.63) is 59.2 Å². The van der Waals surface area contributed by atoms with Crippen LogP contribution in [0.15, 0.2) is 48.0 Å². The van der Waals surface area contributed by atoms with Crippen molar-refractivity contribution in [1.82, 2.24) is 0 Å². The van der Waals surface area contributed by atoms with Gasteiger partial charge in [-0.25, -0.2) is 0 Å². The van der Waals surface area contributed by atoms with Gasteiger partial charge in [0.05, 0.1) is 12.2 Å². The molecule has 0 aliphatic heterocycles. The first kappa shape index (κ1) is 22.3. The number of alkyl halides is 3. The number of halogens is 3. The Hall–Kier alpha value is -3.98. The largest absolute Gasteiger partial charge is 0.490 e. The fourth-order valence-corrected chi connectivity index (χ4v) is 2.37. The SMILES string of the molecule is CCOc1cc(C=C(C#N)C#N)ccc1OCC(=O)Nc1cccc(C(F)(F)F)c1. The summed E-state index contributed by atoms with van der Waals surface area (Å²) in [5.41, 5.74) is -0.453. The molecule has 0 saturated heterocycles. The van der Waals surface area contributed by atoms with E-state index in [1.54, 1.807) is 25.1 Å². The molecule has 2 rings (SSSR count). The Morgan fingerprint density at radius 3 is 2.47 bits per heavy atom. The fraction of sp³-hybridized carbons (Fsp3) is 0.190.